The van der Waals surface area contributed by atoms with Crippen LogP contribution in [-0.2, 0) is 24.9 Å². The van der Waals surface area contributed by atoms with E-state index in [2.05, 4.69) is 4.90 Å². The van der Waals surface area contributed by atoms with E-state index in [0.717, 1.165) is 57.3 Å². The van der Waals surface area contributed by atoms with E-state index in [1.807, 2.05) is 28.8 Å². The monoisotopic (exact) mass is 441 g/mol. The topological polar surface area (TPSA) is 88.0 Å². The molecule has 2 aliphatic heterocycles. The Morgan fingerprint density at radius 3 is 2.59 bits per heavy atom. The van der Waals surface area contributed by atoms with Crippen molar-refractivity contribution in [3.63, 3.8) is 0 Å². The minimum Gasteiger partial charge on any atom is -0.497 e. The second-order valence-corrected chi connectivity index (χ2v) is 8.35. The lowest BCUT2D eigenvalue weighted by molar-refractivity contribution is -0.908. The number of anilines is 2. The largest absolute Gasteiger partial charge is 0.497 e. The van der Waals surface area contributed by atoms with Crippen LogP contribution in [0.1, 0.15) is 6.42 Å². The van der Waals surface area contributed by atoms with Crippen LogP contribution in [0.25, 0.3) is 11.2 Å². The van der Waals surface area contributed by atoms with E-state index in [1.165, 1.54) is 14.0 Å². The molecule has 2 aromatic heterocycles. The van der Waals surface area contributed by atoms with E-state index in [9.17, 15) is 9.59 Å². The lowest BCUT2D eigenvalue weighted by Crippen LogP contribution is -3.14. The SMILES string of the molecule is COc1ccc(N2CCCn3c2nc2c3c(=O)n(CC[NH+]3CCOCC3)c(=O)n2C)cc1. The van der Waals surface area contributed by atoms with Crippen LogP contribution in [0.2, 0.25) is 0 Å². The van der Waals surface area contributed by atoms with Gasteiger partial charge in [-0.1, -0.05) is 0 Å². The van der Waals surface area contributed by atoms with Gasteiger partial charge >= 0.3 is 5.69 Å². The fraction of sp³-hybridized carbons (Fsp3) is 0.500. The van der Waals surface area contributed by atoms with Gasteiger partial charge in [-0.15, -0.1) is 0 Å². The van der Waals surface area contributed by atoms with Crippen LogP contribution in [0.4, 0.5) is 11.6 Å². The number of nitrogens with one attached hydrogen (secondary N) is 1. The molecule has 0 atom stereocenters. The summed E-state index contributed by atoms with van der Waals surface area (Å²) < 4.78 is 15.5. The van der Waals surface area contributed by atoms with Gasteiger partial charge in [-0.3, -0.25) is 13.9 Å². The van der Waals surface area contributed by atoms with Gasteiger partial charge in [-0.25, -0.2) is 4.79 Å². The second-order valence-electron chi connectivity index (χ2n) is 8.35. The maximum atomic E-state index is 13.5. The molecule has 0 amide bonds. The summed E-state index contributed by atoms with van der Waals surface area (Å²) in [7, 11) is 3.33. The number of methoxy groups -OCH3 is 1. The molecular formula is C22H29N6O4+. The Labute approximate surface area is 185 Å². The Balaban J connectivity index is 1.56. The number of fused-ring (bicyclic) bond motifs is 3. The summed E-state index contributed by atoms with van der Waals surface area (Å²) in [5.74, 6) is 1.48. The van der Waals surface area contributed by atoms with Crippen LogP contribution < -0.4 is 25.8 Å². The molecule has 1 fully saturated rings. The van der Waals surface area contributed by atoms with Crippen molar-refractivity contribution >= 4 is 22.8 Å². The Bertz CT molecular complexity index is 1240. The average molecular weight is 442 g/mol. The van der Waals surface area contributed by atoms with E-state index in [0.29, 0.717) is 30.2 Å². The highest BCUT2D eigenvalue weighted by atomic mass is 16.5. The average Bonchev–Trinajstić information content (AvgIpc) is 3.23. The van der Waals surface area contributed by atoms with Crippen LogP contribution in [0, 0.1) is 0 Å². The van der Waals surface area contributed by atoms with E-state index < -0.39 is 0 Å². The maximum absolute atomic E-state index is 13.5. The van der Waals surface area contributed by atoms with E-state index in [4.69, 9.17) is 14.5 Å². The zero-order valence-corrected chi connectivity index (χ0v) is 18.5. The molecule has 0 bridgehead atoms. The van der Waals surface area contributed by atoms with Gasteiger partial charge in [0.2, 0.25) is 5.95 Å². The van der Waals surface area contributed by atoms with Crippen molar-refractivity contribution in [2.24, 2.45) is 7.05 Å². The van der Waals surface area contributed by atoms with Gasteiger partial charge in [0.05, 0.1) is 33.4 Å². The summed E-state index contributed by atoms with van der Waals surface area (Å²) in [5.41, 5.74) is 1.33. The third-order valence-electron chi connectivity index (χ3n) is 6.49. The number of imidazole rings is 1. The first-order chi connectivity index (χ1) is 15.6. The van der Waals surface area contributed by atoms with Crippen LogP contribution in [-0.4, -0.2) is 65.2 Å². The first-order valence-electron chi connectivity index (χ1n) is 11.1. The van der Waals surface area contributed by atoms with Gasteiger partial charge in [0.1, 0.15) is 18.8 Å². The fourth-order valence-electron chi connectivity index (χ4n) is 4.65. The van der Waals surface area contributed by atoms with Crippen molar-refractivity contribution in [3.8, 4) is 5.75 Å². The molecule has 4 heterocycles. The van der Waals surface area contributed by atoms with Gasteiger partial charge in [0.15, 0.2) is 11.2 Å². The van der Waals surface area contributed by atoms with Gasteiger partial charge in [-0.2, -0.15) is 4.98 Å². The molecule has 1 aromatic carbocycles. The van der Waals surface area contributed by atoms with Crippen molar-refractivity contribution in [3.05, 3.63) is 45.1 Å². The molecule has 32 heavy (non-hydrogen) atoms. The Hall–Kier alpha value is -3.11. The van der Waals surface area contributed by atoms with Crippen LogP contribution in [0.15, 0.2) is 33.9 Å². The number of ether oxygens (including phenoxy) is 2. The van der Waals surface area contributed by atoms with Crippen LogP contribution >= 0.6 is 0 Å². The third-order valence-corrected chi connectivity index (χ3v) is 6.49. The lowest BCUT2D eigenvalue weighted by atomic mass is 10.2. The molecule has 5 rings (SSSR count). The standard InChI is InChI=1S/C22H28N6O4/c1-24-19-18(20(29)28(22(24)30)11-10-25-12-14-32-15-13-25)27-9-3-8-26(21(27)23-19)16-4-6-17(31-2)7-5-16/h4-7H,3,8-15H2,1-2H3/p+1. The molecule has 0 spiro atoms. The van der Waals surface area contributed by atoms with Gasteiger partial charge in [0, 0.05) is 25.8 Å². The van der Waals surface area contributed by atoms with Crippen molar-refractivity contribution in [1.82, 2.24) is 18.7 Å². The highest BCUT2D eigenvalue weighted by Gasteiger charge is 2.27. The minimum absolute atomic E-state index is 0.258. The Morgan fingerprint density at radius 1 is 1.12 bits per heavy atom. The normalized spacial score (nSPS) is 17.0. The van der Waals surface area contributed by atoms with Crippen LogP contribution in [0.5, 0.6) is 5.75 Å². The van der Waals surface area contributed by atoms with E-state index in [1.54, 1.807) is 14.2 Å². The highest BCUT2D eigenvalue weighted by Crippen LogP contribution is 2.31. The van der Waals surface area contributed by atoms with Crippen LogP contribution in [0.3, 0.4) is 0 Å². The summed E-state index contributed by atoms with van der Waals surface area (Å²) in [6.45, 7) is 5.84. The number of morpholine rings is 1. The number of nitrogens with zero attached hydrogens (tertiary/aromatic N) is 5. The summed E-state index contributed by atoms with van der Waals surface area (Å²) in [5, 5.41) is 0. The number of hydrogen-bond donors (Lipinski definition) is 1. The van der Waals surface area contributed by atoms with Crippen molar-refractivity contribution in [2.75, 3.05) is 51.4 Å². The molecule has 0 saturated carbocycles. The van der Waals surface area contributed by atoms with Crippen molar-refractivity contribution in [2.45, 2.75) is 19.5 Å². The lowest BCUT2D eigenvalue weighted by Gasteiger charge is -2.29. The summed E-state index contributed by atoms with van der Waals surface area (Å²) in [4.78, 5) is 34.7. The Morgan fingerprint density at radius 2 is 1.88 bits per heavy atom. The van der Waals surface area contributed by atoms with Gasteiger partial charge < -0.3 is 23.8 Å². The number of aromatic nitrogens is 4. The molecule has 0 aliphatic carbocycles. The molecule has 0 radical (unpaired) electrons. The number of benzene rings is 1. The zero-order chi connectivity index (χ0) is 22.2. The summed E-state index contributed by atoms with van der Waals surface area (Å²) in [6, 6.07) is 7.79. The third kappa shape index (κ3) is 3.49. The van der Waals surface area contributed by atoms with Gasteiger partial charge in [-0.05, 0) is 30.7 Å². The molecule has 1 saturated heterocycles. The quantitative estimate of drug-likeness (QED) is 0.567. The first-order valence-corrected chi connectivity index (χ1v) is 11.1. The smallest absolute Gasteiger partial charge is 0.332 e. The zero-order valence-electron chi connectivity index (χ0n) is 18.5. The highest BCUT2D eigenvalue weighted by molar-refractivity contribution is 5.77. The first kappa shape index (κ1) is 20.8. The molecule has 10 heteroatoms. The molecular weight excluding hydrogens is 412 g/mol. The van der Waals surface area contributed by atoms with Crippen molar-refractivity contribution < 1.29 is 14.4 Å². The second kappa shape index (κ2) is 8.44. The minimum atomic E-state index is -0.318. The van der Waals surface area contributed by atoms with Gasteiger partial charge in [0.25, 0.3) is 5.56 Å². The predicted octanol–water partition coefficient (Wildman–Crippen LogP) is -0.638. The molecule has 1 N–H and O–H groups in total. The molecule has 2 aliphatic rings. The van der Waals surface area contributed by atoms with E-state index in [-0.39, 0.29) is 11.2 Å². The molecule has 3 aromatic rings. The summed E-state index contributed by atoms with van der Waals surface area (Å²) in [6.07, 6.45) is 0.880. The summed E-state index contributed by atoms with van der Waals surface area (Å²) >= 11 is 0. The molecule has 0 unspecified atom stereocenters. The van der Waals surface area contributed by atoms with Crippen molar-refractivity contribution in [1.29, 1.82) is 0 Å². The fourth-order valence-corrected chi connectivity index (χ4v) is 4.65. The Kier molecular flexibility index (Phi) is 5.48. The van der Waals surface area contributed by atoms with E-state index >= 15 is 0 Å². The predicted molar refractivity (Wildman–Crippen MR) is 120 cm³/mol. The number of rotatable bonds is 5. The maximum Gasteiger partial charge on any atom is 0.332 e. The molecule has 10 nitrogen and oxygen atoms in total. The number of quaternary nitrogens is 1. The number of hydrogen-bond acceptors (Lipinski definition) is 6. The molecule has 170 valence electrons. The number of aryl methyl sites for hydroxylation is 2.